The molecule has 8 heteroatoms. The van der Waals surface area contributed by atoms with Gasteiger partial charge >= 0.3 is 0 Å². The van der Waals surface area contributed by atoms with Crippen LogP contribution < -0.4 is 10.6 Å². The topological polar surface area (TPSA) is 96.8 Å². The molecule has 1 saturated heterocycles. The molecule has 0 bridgehead atoms. The number of hydrogen-bond donors (Lipinski definition) is 2. The fraction of sp³-hybridized carbons (Fsp3) is 0.632. The molecular weight excluding hydrogens is 410 g/mol. The number of aromatic nitrogens is 3. The van der Waals surface area contributed by atoms with E-state index in [0.29, 0.717) is 12.8 Å². The van der Waals surface area contributed by atoms with Gasteiger partial charge in [-0.3, -0.25) is 4.79 Å². The van der Waals surface area contributed by atoms with Gasteiger partial charge in [0.15, 0.2) is 5.65 Å². The van der Waals surface area contributed by atoms with E-state index in [2.05, 4.69) is 25.9 Å². The highest BCUT2D eigenvalue weighted by Crippen LogP contribution is 2.32. The number of halogens is 1. The Hall–Kier alpha value is -1.67. The van der Waals surface area contributed by atoms with E-state index in [-0.39, 0.29) is 18.6 Å². The van der Waals surface area contributed by atoms with Crippen LogP contribution in [0, 0.1) is 5.41 Å². The lowest BCUT2D eigenvalue weighted by Gasteiger charge is -2.37. The Morgan fingerprint density at radius 2 is 2.22 bits per heavy atom. The number of fused-ring (bicyclic) bond motifs is 1. The van der Waals surface area contributed by atoms with E-state index >= 15 is 0 Å². The molecule has 2 aromatic heterocycles. The summed E-state index contributed by atoms with van der Waals surface area (Å²) in [4.78, 5) is 19.0. The molecule has 1 amide bonds. The van der Waals surface area contributed by atoms with Crippen LogP contribution in [0.2, 0.25) is 0 Å². The molecule has 3 N–H and O–H groups in total. The van der Waals surface area contributed by atoms with Gasteiger partial charge in [-0.1, -0.05) is 13.8 Å². The van der Waals surface area contributed by atoms with Gasteiger partial charge in [-0.2, -0.15) is 5.10 Å². The minimum Gasteiger partial charge on any atom is -0.396 e. The Labute approximate surface area is 168 Å². The molecule has 2 aromatic rings. The molecule has 1 fully saturated rings. The van der Waals surface area contributed by atoms with Crippen LogP contribution in [0.5, 0.6) is 0 Å². The highest BCUT2D eigenvalue weighted by atomic mass is 79.9. The van der Waals surface area contributed by atoms with E-state index < -0.39 is 5.41 Å². The number of carbonyl (C=O) groups excluding carboxylic acids is 1. The number of piperidine rings is 1. The van der Waals surface area contributed by atoms with E-state index in [1.807, 2.05) is 20.0 Å². The summed E-state index contributed by atoms with van der Waals surface area (Å²) < 4.78 is 2.62. The molecule has 1 aliphatic rings. The molecule has 7 nitrogen and oxygen atoms in total. The maximum atomic E-state index is 11.7. The first-order valence-corrected chi connectivity index (χ1v) is 10.3. The lowest BCUT2D eigenvalue weighted by atomic mass is 9.85. The third-order valence-corrected chi connectivity index (χ3v) is 6.11. The fourth-order valence-electron chi connectivity index (χ4n) is 3.64. The monoisotopic (exact) mass is 437 g/mol. The molecule has 3 heterocycles. The lowest BCUT2D eigenvalue weighted by molar-refractivity contribution is -0.126. The zero-order valence-electron chi connectivity index (χ0n) is 16.0. The van der Waals surface area contributed by atoms with Crippen LogP contribution >= 0.6 is 15.9 Å². The van der Waals surface area contributed by atoms with Crippen LogP contribution in [0.25, 0.3) is 5.65 Å². The number of aliphatic hydroxyl groups excluding tert-OH is 1. The minimum atomic E-state index is -0.580. The van der Waals surface area contributed by atoms with E-state index in [0.717, 1.165) is 47.3 Å². The van der Waals surface area contributed by atoms with Crippen molar-refractivity contribution in [3.05, 3.63) is 22.4 Å². The Bertz CT molecular complexity index is 818. The number of amides is 1. The molecule has 0 aromatic carbocycles. The third kappa shape index (κ3) is 4.27. The van der Waals surface area contributed by atoms with Crippen molar-refractivity contribution in [3.63, 3.8) is 0 Å². The molecule has 27 heavy (non-hydrogen) atoms. The second-order valence-electron chi connectivity index (χ2n) is 7.95. The first kappa shape index (κ1) is 20.1. The summed E-state index contributed by atoms with van der Waals surface area (Å²) in [6.07, 6.45) is 9.15. The number of nitrogens with zero attached hydrogens (tertiary/aromatic N) is 4. The predicted molar refractivity (Wildman–Crippen MR) is 109 cm³/mol. The van der Waals surface area contributed by atoms with Gasteiger partial charge in [-0.15, -0.1) is 0 Å². The van der Waals surface area contributed by atoms with Crippen molar-refractivity contribution < 1.29 is 9.90 Å². The highest BCUT2D eigenvalue weighted by molar-refractivity contribution is 9.10. The number of aryl methyl sites for hydroxylation is 1. The Morgan fingerprint density at radius 1 is 1.44 bits per heavy atom. The van der Waals surface area contributed by atoms with Crippen molar-refractivity contribution in [1.29, 1.82) is 0 Å². The maximum absolute atomic E-state index is 11.7. The summed E-state index contributed by atoms with van der Waals surface area (Å²) in [5.74, 6) is 0.637. The zero-order chi connectivity index (χ0) is 19.6. The number of hydrogen-bond acceptors (Lipinski definition) is 5. The molecule has 0 radical (unpaired) electrons. The highest BCUT2D eigenvalue weighted by Gasteiger charge is 2.29. The summed E-state index contributed by atoms with van der Waals surface area (Å²) >= 11 is 3.52. The largest absolute Gasteiger partial charge is 0.396 e. The first-order chi connectivity index (χ1) is 12.8. The van der Waals surface area contributed by atoms with Crippen LogP contribution in [-0.4, -0.2) is 44.8 Å². The third-order valence-electron chi connectivity index (χ3n) is 5.55. The second-order valence-corrected chi connectivity index (χ2v) is 8.81. The van der Waals surface area contributed by atoms with Gasteiger partial charge in [-0.25, -0.2) is 9.50 Å². The maximum Gasteiger partial charge on any atom is 0.223 e. The smallest absolute Gasteiger partial charge is 0.223 e. The Balaban J connectivity index is 2.00. The van der Waals surface area contributed by atoms with Gasteiger partial charge < -0.3 is 15.7 Å². The molecule has 0 aliphatic carbocycles. The van der Waals surface area contributed by atoms with E-state index in [1.54, 1.807) is 10.7 Å². The number of aliphatic hydroxyl groups is 1. The van der Waals surface area contributed by atoms with Crippen molar-refractivity contribution in [2.45, 2.75) is 58.4 Å². The summed E-state index contributed by atoms with van der Waals surface area (Å²) in [6.45, 7) is 4.84. The number of nitrogens with two attached hydrogens (primary N) is 1. The Kier molecular flexibility index (Phi) is 6.05. The quantitative estimate of drug-likeness (QED) is 0.693. The summed E-state index contributed by atoms with van der Waals surface area (Å²) in [7, 11) is 0. The van der Waals surface area contributed by atoms with Crippen LogP contribution in [-0.2, 0) is 11.2 Å². The normalized spacial score (nSPS) is 18.2. The molecule has 1 aliphatic heterocycles. The van der Waals surface area contributed by atoms with Gasteiger partial charge in [0.05, 0.1) is 10.7 Å². The number of anilines is 1. The van der Waals surface area contributed by atoms with Gasteiger partial charge in [-0.05, 0) is 54.5 Å². The minimum absolute atomic E-state index is 0.170. The van der Waals surface area contributed by atoms with Crippen molar-refractivity contribution in [1.82, 2.24) is 14.6 Å². The van der Waals surface area contributed by atoms with Crippen LogP contribution in [0.4, 0.5) is 5.82 Å². The molecule has 0 unspecified atom stereocenters. The molecule has 148 valence electrons. The van der Waals surface area contributed by atoms with Crippen molar-refractivity contribution in [2.24, 2.45) is 11.1 Å². The van der Waals surface area contributed by atoms with Gasteiger partial charge in [0.25, 0.3) is 0 Å². The zero-order valence-corrected chi connectivity index (χ0v) is 17.6. The first-order valence-electron chi connectivity index (χ1n) is 9.53. The summed E-state index contributed by atoms with van der Waals surface area (Å²) in [5.41, 5.74) is 6.80. The molecule has 0 spiro atoms. The fourth-order valence-corrected chi connectivity index (χ4v) is 4.00. The summed E-state index contributed by atoms with van der Waals surface area (Å²) in [6, 6.07) is 0.281. The van der Waals surface area contributed by atoms with Crippen LogP contribution in [0.3, 0.4) is 0 Å². The Morgan fingerprint density at radius 3 is 2.93 bits per heavy atom. The van der Waals surface area contributed by atoms with Crippen LogP contribution in [0.1, 0.15) is 51.5 Å². The lowest BCUT2D eigenvalue weighted by Crippen LogP contribution is -2.41. The average Bonchev–Trinajstić information content (AvgIpc) is 3.00. The van der Waals surface area contributed by atoms with Gasteiger partial charge in [0, 0.05) is 36.4 Å². The van der Waals surface area contributed by atoms with Crippen molar-refractivity contribution >= 4 is 33.3 Å². The second kappa shape index (κ2) is 8.14. The number of primary amides is 1. The van der Waals surface area contributed by atoms with Crippen LogP contribution in [0.15, 0.2) is 16.9 Å². The molecule has 0 saturated carbocycles. The van der Waals surface area contributed by atoms with E-state index in [4.69, 9.17) is 10.7 Å². The van der Waals surface area contributed by atoms with Crippen molar-refractivity contribution in [3.8, 4) is 0 Å². The number of carbonyl (C=O) groups is 1. The van der Waals surface area contributed by atoms with Gasteiger partial charge in [0.2, 0.25) is 5.91 Å². The summed E-state index contributed by atoms with van der Waals surface area (Å²) in [5, 5.41) is 13.8. The SMILES string of the molecule is CC(C)(CCc1cn2ncc(Br)c2nc1N1CCCC[C@H]1CCO)C(N)=O. The predicted octanol–water partition coefficient (Wildman–Crippen LogP) is 2.68. The van der Waals surface area contributed by atoms with Gasteiger partial charge in [0.1, 0.15) is 5.82 Å². The average molecular weight is 438 g/mol. The van der Waals surface area contributed by atoms with E-state index in [9.17, 15) is 9.90 Å². The molecular formula is C19H28BrN5O2. The molecule has 3 rings (SSSR count). The number of rotatable bonds is 7. The van der Waals surface area contributed by atoms with Crippen molar-refractivity contribution in [2.75, 3.05) is 18.1 Å². The standard InChI is InChI=1S/C19H28BrN5O2/c1-19(2,18(21)27)8-6-13-12-25-17(15(20)11-22-25)23-16(13)24-9-4-3-5-14(24)7-10-26/h11-12,14,26H,3-10H2,1-2H3,(H2,21,27)/t14-/m0/s1. The van der Waals surface area contributed by atoms with E-state index in [1.165, 1.54) is 6.42 Å². The molecule has 1 atom stereocenters.